The molecular formula is C13H13F3N2O3. The molecule has 1 atom stereocenters. The lowest BCUT2D eigenvalue weighted by atomic mass is 10.0. The number of alkyl halides is 3. The molecule has 0 saturated carbocycles. The number of benzene rings is 1. The van der Waals surface area contributed by atoms with Crippen LogP contribution in [0.4, 0.5) is 13.2 Å². The van der Waals surface area contributed by atoms with Crippen LogP contribution < -0.4 is 5.32 Å². The van der Waals surface area contributed by atoms with Gasteiger partial charge in [0.1, 0.15) is 6.04 Å². The van der Waals surface area contributed by atoms with Crippen LogP contribution >= 0.6 is 0 Å². The van der Waals surface area contributed by atoms with Crippen molar-refractivity contribution in [1.29, 1.82) is 0 Å². The Balaban J connectivity index is 2.26. The summed E-state index contributed by atoms with van der Waals surface area (Å²) in [5.74, 6) is -1.95. The largest absolute Gasteiger partial charge is 0.480 e. The van der Waals surface area contributed by atoms with Crippen LogP contribution in [0.1, 0.15) is 15.9 Å². The van der Waals surface area contributed by atoms with Gasteiger partial charge in [0.05, 0.1) is 11.1 Å². The molecule has 1 aromatic carbocycles. The van der Waals surface area contributed by atoms with E-state index in [1.807, 2.05) is 0 Å². The van der Waals surface area contributed by atoms with Crippen molar-refractivity contribution in [1.82, 2.24) is 10.2 Å². The molecule has 1 aliphatic rings. The van der Waals surface area contributed by atoms with Crippen LogP contribution in [0.2, 0.25) is 0 Å². The molecule has 0 radical (unpaired) electrons. The first-order chi connectivity index (χ1) is 9.80. The summed E-state index contributed by atoms with van der Waals surface area (Å²) in [7, 11) is 0. The number of hydrogen-bond donors (Lipinski definition) is 2. The second kappa shape index (κ2) is 5.72. The molecule has 114 valence electrons. The van der Waals surface area contributed by atoms with E-state index in [4.69, 9.17) is 5.11 Å². The Morgan fingerprint density at radius 3 is 2.57 bits per heavy atom. The van der Waals surface area contributed by atoms with Gasteiger partial charge in [-0.3, -0.25) is 9.59 Å². The topological polar surface area (TPSA) is 69.6 Å². The predicted octanol–water partition coefficient (Wildman–Crippen LogP) is 1.20. The number of nitrogens with zero attached hydrogens (tertiary/aromatic N) is 1. The fourth-order valence-electron chi connectivity index (χ4n) is 2.19. The summed E-state index contributed by atoms with van der Waals surface area (Å²) in [6.07, 6.45) is -4.63. The van der Waals surface area contributed by atoms with Crippen LogP contribution in [-0.4, -0.2) is 47.6 Å². The number of aliphatic carboxylic acids is 1. The second-order valence-corrected chi connectivity index (χ2v) is 4.64. The standard InChI is InChI=1S/C13H13F3N2O3/c14-13(15,16)9-4-2-1-3-8(9)11(19)18-6-5-17-10(7-18)12(20)21/h1-4,10,17H,5-7H2,(H,20,21)/t10-/m0/s1. The summed E-state index contributed by atoms with van der Waals surface area (Å²) >= 11 is 0. The van der Waals surface area contributed by atoms with Crippen LogP contribution in [0.3, 0.4) is 0 Å². The van der Waals surface area contributed by atoms with Crippen LogP contribution in [-0.2, 0) is 11.0 Å². The van der Waals surface area contributed by atoms with Gasteiger partial charge in [0.25, 0.3) is 5.91 Å². The van der Waals surface area contributed by atoms with E-state index >= 15 is 0 Å². The lowest BCUT2D eigenvalue weighted by molar-refractivity contribution is -0.141. The predicted molar refractivity (Wildman–Crippen MR) is 66.8 cm³/mol. The van der Waals surface area contributed by atoms with E-state index in [1.54, 1.807) is 0 Å². The average Bonchev–Trinajstić information content (AvgIpc) is 2.45. The third kappa shape index (κ3) is 3.33. The minimum Gasteiger partial charge on any atom is -0.480 e. The summed E-state index contributed by atoms with van der Waals surface area (Å²) in [5, 5.41) is 11.6. The van der Waals surface area contributed by atoms with Crippen LogP contribution in [0, 0.1) is 0 Å². The molecule has 0 unspecified atom stereocenters. The molecule has 1 saturated heterocycles. The Hall–Kier alpha value is -2.09. The summed E-state index contributed by atoms with van der Waals surface area (Å²) in [6.45, 7) is 0.214. The molecule has 0 bridgehead atoms. The molecule has 2 N–H and O–H groups in total. The van der Waals surface area contributed by atoms with E-state index in [2.05, 4.69) is 5.32 Å². The molecule has 2 rings (SSSR count). The van der Waals surface area contributed by atoms with Crippen molar-refractivity contribution in [2.45, 2.75) is 12.2 Å². The van der Waals surface area contributed by atoms with Gasteiger partial charge in [-0.05, 0) is 12.1 Å². The van der Waals surface area contributed by atoms with Gasteiger partial charge in [0.15, 0.2) is 0 Å². The minimum absolute atomic E-state index is 0.162. The monoisotopic (exact) mass is 302 g/mol. The van der Waals surface area contributed by atoms with Gasteiger partial charge < -0.3 is 15.3 Å². The second-order valence-electron chi connectivity index (χ2n) is 4.64. The highest BCUT2D eigenvalue weighted by Crippen LogP contribution is 2.32. The number of nitrogens with one attached hydrogen (secondary N) is 1. The van der Waals surface area contributed by atoms with Crippen molar-refractivity contribution in [2.24, 2.45) is 0 Å². The number of carboxylic acids is 1. The van der Waals surface area contributed by atoms with Crippen molar-refractivity contribution in [3.63, 3.8) is 0 Å². The molecule has 0 spiro atoms. The molecule has 1 heterocycles. The van der Waals surface area contributed by atoms with E-state index in [9.17, 15) is 22.8 Å². The number of halogens is 3. The molecule has 8 heteroatoms. The number of amides is 1. The maximum Gasteiger partial charge on any atom is 0.417 e. The molecular weight excluding hydrogens is 289 g/mol. The lowest BCUT2D eigenvalue weighted by Gasteiger charge is -2.32. The van der Waals surface area contributed by atoms with Crippen molar-refractivity contribution in [3.05, 3.63) is 35.4 Å². The van der Waals surface area contributed by atoms with Crippen molar-refractivity contribution in [2.75, 3.05) is 19.6 Å². The highest BCUT2D eigenvalue weighted by atomic mass is 19.4. The Bertz CT molecular complexity index is 560. The van der Waals surface area contributed by atoms with E-state index in [1.165, 1.54) is 12.1 Å². The molecule has 0 aromatic heterocycles. The van der Waals surface area contributed by atoms with Crippen LogP contribution in [0.15, 0.2) is 24.3 Å². The van der Waals surface area contributed by atoms with Gasteiger partial charge in [0.2, 0.25) is 0 Å². The number of hydrogen-bond acceptors (Lipinski definition) is 3. The van der Waals surface area contributed by atoms with Gasteiger partial charge in [-0.1, -0.05) is 12.1 Å². The Labute approximate surface area is 118 Å². The third-order valence-electron chi connectivity index (χ3n) is 3.22. The summed E-state index contributed by atoms with van der Waals surface area (Å²) in [5.41, 5.74) is -1.48. The number of rotatable bonds is 2. The average molecular weight is 302 g/mol. The highest BCUT2D eigenvalue weighted by Gasteiger charge is 2.37. The number of carbonyl (C=O) groups excluding carboxylic acids is 1. The van der Waals surface area contributed by atoms with Gasteiger partial charge in [-0.15, -0.1) is 0 Å². The SMILES string of the molecule is O=C(O)[C@@H]1CN(C(=O)c2ccccc2C(F)(F)F)CCN1. The molecule has 1 amide bonds. The van der Waals surface area contributed by atoms with Gasteiger partial charge in [-0.25, -0.2) is 0 Å². The third-order valence-corrected chi connectivity index (χ3v) is 3.22. The lowest BCUT2D eigenvalue weighted by Crippen LogP contribution is -2.55. The van der Waals surface area contributed by atoms with Crippen molar-refractivity contribution < 1.29 is 27.9 Å². The first-order valence-electron chi connectivity index (χ1n) is 6.22. The summed E-state index contributed by atoms with van der Waals surface area (Å²) in [6, 6.07) is 3.52. The Morgan fingerprint density at radius 1 is 1.29 bits per heavy atom. The molecule has 1 aromatic rings. The zero-order valence-corrected chi connectivity index (χ0v) is 10.9. The maximum atomic E-state index is 12.9. The van der Waals surface area contributed by atoms with Gasteiger partial charge in [0, 0.05) is 19.6 Å². The Kier molecular flexibility index (Phi) is 4.17. The van der Waals surface area contributed by atoms with E-state index in [-0.39, 0.29) is 19.6 Å². The number of carboxylic acid groups (broad SMARTS) is 1. The molecule has 1 fully saturated rings. The Morgan fingerprint density at radius 2 is 1.95 bits per heavy atom. The molecule has 1 aliphatic heterocycles. The smallest absolute Gasteiger partial charge is 0.417 e. The zero-order valence-electron chi connectivity index (χ0n) is 10.9. The normalized spacial score (nSPS) is 19.4. The first-order valence-corrected chi connectivity index (χ1v) is 6.22. The first kappa shape index (κ1) is 15.3. The van der Waals surface area contributed by atoms with Crippen LogP contribution in [0.25, 0.3) is 0 Å². The van der Waals surface area contributed by atoms with Crippen molar-refractivity contribution in [3.8, 4) is 0 Å². The highest BCUT2D eigenvalue weighted by molar-refractivity contribution is 5.96. The minimum atomic E-state index is -4.63. The van der Waals surface area contributed by atoms with E-state index < -0.39 is 35.2 Å². The van der Waals surface area contributed by atoms with Crippen molar-refractivity contribution >= 4 is 11.9 Å². The zero-order chi connectivity index (χ0) is 15.6. The molecule has 5 nitrogen and oxygen atoms in total. The number of piperazine rings is 1. The summed E-state index contributed by atoms with van der Waals surface area (Å²) in [4.78, 5) is 24.3. The van der Waals surface area contributed by atoms with Crippen LogP contribution in [0.5, 0.6) is 0 Å². The van der Waals surface area contributed by atoms with E-state index in [0.29, 0.717) is 0 Å². The van der Waals surface area contributed by atoms with Gasteiger partial charge >= 0.3 is 12.1 Å². The number of carbonyl (C=O) groups is 2. The fraction of sp³-hybridized carbons (Fsp3) is 0.385. The molecule has 21 heavy (non-hydrogen) atoms. The maximum absolute atomic E-state index is 12.9. The summed E-state index contributed by atoms with van der Waals surface area (Å²) < 4.78 is 38.7. The molecule has 0 aliphatic carbocycles. The quantitative estimate of drug-likeness (QED) is 0.861. The van der Waals surface area contributed by atoms with Gasteiger partial charge in [-0.2, -0.15) is 13.2 Å². The van der Waals surface area contributed by atoms with E-state index in [0.717, 1.165) is 17.0 Å². The fourth-order valence-corrected chi connectivity index (χ4v) is 2.19.